The third-order valence-corrected chi connectivity index (χ3v) is 2.82. The highest BCUT2D eigenvalue weighted by molar-refractivity contribution is 5.85. The number of carbonyl (C=O) groups excluding carboxylic acids is 2. The molecule has 0 saturated heterocycles. The minimum absolute atomic E-state index is 0.00848. The predicted molar refractivity (Wildman–Crippen MR) is 78.4 cm³/mol. The van der Waals surface area contributed by atoms with Crippen molar-refractivity contribution in [3.63, 3.8) is 0 Å². The van der Waals surface area contributed by atoms with Crippen molar-refractivity contribution in [1.29, 1.82) is 0 Å². The fourth-order valence-corrected chi connectivity index (χ4v) is 1.80. The number of ether oxygens (including phenoxy) is 3. The van der Waals surface area contributed by atoms with E-state index in [-0.39, 0.29) is 31.0 Å². The Bertz CT molecular complexity index is 456. The van der Waals surface area contributed by atoms with Crippen molar-refractivity contribution in [3.05, 3.63) is 29.8 Å². The van der Waals surface area contributed by atoms with Crippen LogP contribution in [0.1, 0.15) is 25.3 Å². The molecule has 0 aliphatic heterocycles. The standard InChI is InChI=1S/C16H22O5/c1-3-20-16(18)9-8-14(17)12-13-6-4-5-7-15(13)21-11-10-19-2/h4-7H,3,8-12H2,1-2H3. The first kappa shape index (κ1) is 17.2. The van der Waals surface area contributed by atoms with Crippen LogP contribution in [0.2, 0.25) is 0 Å². The molecule has 0 saturated carbocycles. The summed E-state index contributed by atoms with van der Waals surface area (Å²) in [4.78, 5) is 23.1. The SMILES string of the molecule is CCOC(=O)CCC(=O)Cc1ccccc1OCCOC. The molecule has 5 heteroatoms. The number of rotatable bonds is 10. The van der Waals surface area contributed by atoms with Crippen molar-refractivity contribution in [1.82, 2.24) is 0 Å². The van der Waals surface area contributed by atoms with Crippen molar-refractivity contribution in [2.75, 3.05) is 26.9 Å². The van der Waals surface area contributed by atoms with Gasteiger partial charge in [0.15, 0.2) is 0 Å². The molecule has 0 amide bonds. The number of esters is 1. The quantitative estimate of drug-likeness (QED) is 0.489. The molecular formula is C16H22O5. The molecule has 0 unspecified atom stereocenters. The van der Waals surface area contributed by atoms with Crippen molar-refractivity contribution >= 4 is 11.8 Å². The second-order valence-electron chi connectivity index (χ2n) is 4.47. The van der Waals surface area contributed by atoms with Gasteiger partial charge in [0.05, 0.1) is 19.6 Å². The maximum atomic E-state index is 11.9. The number of Topliss-reactive ketones (excluding diaryl/α,β-unsaturated/α-hetero) is 1. The molecule has 0 bridgehead atoms. The second-order valence-corrected chi connectivity index (χ2v) is 4.47. The Hall–Kier alpha value is -1.88. The molecule has 0 aliphatic rings. The smallest absolute Gasteiger partial charge is 0.306 e. The third kappa shape index (κ3) is 6.90. The number of carbonyl (C=O) groups is 2. The summed E-state index contributed by atoms with van der Waals surface area (Å²) in [5, 5.41) is 0. The van der Waals surface area contributed by atoms with E-state index in [0.29, 0.717) is 25.6 Å². The van der Waals surface area contributed by atoms with Gasteiger partial charge >= 0.3 is 5.97 Å². The summed E-state index contributed by atoms with van der Waals surface area (Å²) in [6, 6.07) is 7.39. The molecule has 0 fully saturated rings. The van der Waals surface area contributed by atoms with Crippen LogP contribution in [-0.4, -0.2) is 38.7 Å². The van der Waals surface area contributed by atoms with Gasteiger partial charge < -0.3 is 14.2 Å². The molecule has 0 N–H and O–H groups in total. The number of hydrogen-bond donors (Lipinski definition) is 0. The molecule has 0 spiro atoms. The molecule has 0 atom stereocenters. The Morgan fingerprint density at radius 2 is 1.86 bits per heavy atom. The summed E-state index contributed by atoms with van der Waals surface area (Å²) < 4.78 is 15.3. The molecule has 0 radical (unpaired) electrons. The van der Waals surface area contributed by atoms with Gasteiger partial charge in [-0.05, 0) is 13.0 Å². The van der Waals surface area contributed by atoms with E-state index < -0.39 is 0 Å². The highest BCUT2D eigenvalue weighted by atomic mass is 16.5. The van der Waals surface area contributed by atoms with Gasteiger partial charge in [-0.3, -0.25) is 9.59 Å². The molecule has 1 aromatic rings. The number of methoxy groups -OCH3 is 1. The van der Waals surface area contributed by atoms with Crippen molar-refractivity contribution in [2.45, 2.75) is 26.2 Å². The van der Waals surface area contributed by atoms with Crippen LogP contribution in [0.5, 0.6) is 5.75 Å². The topological polar surface area (TPSA) is 61.8 Å². The van der Waals surface area contributed by atoms with E-state index in [2.05, 4.69) is 0 Å². The van der Waals surface area contributed by atoms with Gasteiger partial charge in [-0.2, -0.15) is 0 Å². The van der Waals surface area contributed by atoms with Gasteiger partial charge in [-0.25, -0.2) is 0 Å². The van der Waals surface area contributed by atoms with Crippen molar-refractivity contribution in [3.8, 4) is 5.75 Å². The number of benzene rings is 1. The zero-order valence-electron chi connectivity index (χ0n) is 12.6. The molecule has 5 nitrogen and oxygen atoms in total. The van der Waals surface area contributed by atoms with Gasteiger partial charge in [-0.1, -0.05) is 18.2 Å². The Labute approximate surface area is 125 Å². The minimum Gasteiger partial charge on any atom is -0.491 e. The van der Waals surface area contributed by atoms with Gasteiger partial charge in [0, 0.05) is 25.5 Å². The molecule has 21 heavy (non-hydrogen) atoms. The van der Waals surface area contributed by atoms with Crippen LogP contribution >= 0.6 is 0 Å². The van der Waals surface area contributed by atoms with Gasteiger partial charge in [0.2, 0.25) is 0 Å². The van der Waals surface area contributed by atoms with Crippen molar-refractivity contribution in [2.24, 2.45) is 0 Å². The van der Waals surface area contributed by atoms with Gasteiger partial charge in [0.25, 0.3) is 0 Å². The Morgan fingerprint density at radius 1 is 1.10 bits per heavy atom. The van der Waals surface area contributed by atoms with Crippen LogP contribution in [0.25, 0.3) is 0 Å². The average Bonchev–Trinajstić information content (AvgIpc) is 2.47. The lowest BCUT2D eigenvalue weighted by atomic mass is 10.0. The lowest BCUT2D eigenvalue weighted by molar-refractivity contribution is -0.144. The van der Waals surface area contributed by atoms with E-state index in [1.807, 2.05) is 24.3 Å². The summed E-state index contributed by atoms with van der Waals surface area (Å²) in [6.07, 6.45) is 0.563. The fraction of sp³-hybridized carbons (Fsp3) is 0.500. The average molecular weight is 294 g/mol. The van der Waals surface area contributed by atoms with E-state index in [9.17, 15) is 9.59 Å². The Morgan fingerprint density at radius 3 is 2.57 bits per heavy atom. The molecule has 0 aliphatic carbocycles. The number of ketones is 1. The molecule has 0 heterocycles. The van der Waals surface area contributed by atoms with Gasteiger partial charge in [-0.15, -0.1) is 0 Å². The lowest BCUT2D eigenvalue weighted by Gasteiger charge is -2.10. The van der Waals surface area contributed by atoms with Crippen LogP contribution in [-0.2, 0) is 25.5 Å². The molecular weight excluding hydrogens is 272 g/mol. The van der Waals surface area contributed by atoms with Crippen LogP contribution in [0.3, 0.4) is 0 Å². The summed E-state index contributed by atoms with van der Waals surface area (Å²) in [7, 11) is 1.61. The zero-order chi connectivity index (χ0) is 15.5. The highest BCUT2D eigenvalue weighted by Gasteiger charge is 2.11. The molecule has 0 aromatic heterocycles. The number of para-hydroxylation sites is 1. The summed E-state index contributed by atoms with van der Waals surface area (Å²) in [6.45, 7) is 3.01. The Kier molecular flexibility index (Phi) is 8.12. The normalized spacial score (nSPS) is 10.2. The van der Waals surface area contributed by atoms with Crippen LogP contribution < -0.4 is 4.74 Å². The van der Waals surface area contributed by atoms with Crippen LogP contribution in [0.4, 0.5) is 0 Å². The van der Waals surface area contributed by atoms with Crippen LogP contribution in [0.15, 0.2) is 24.3 Å². The number of hydrogen-bond acceptors (Lipinski definition) is 5. The summed E-state index contributed by atoms with van der Waals surface area (Å²) in [5.41, 5.74) is 0.822. The fourth-order valence-electron chi connectivity index (χ4n) is 1.80. The largest absolute Gasteiger partial charge is 0.491 e. The lowest BCUT2D eigenvalue weighted by Crippen LogP contribution is -2.11. The second kappa shape index (κ2) is 9.94. The summed E-state index contributed by atoms with van der Waals surface area (Å²) >= 11 is 0. The van der Waals surface area contributed by atoms with Gasteiger partial charge in [0.1, 0.15) is 18.1 Å². The maximum Gasteiger partial charge on any atom is 0.306 e. The van der Waals surface area contributed by atoms with E-state index in [4.69, 9.17) is 14.2 Å². The highest BCUT2D eigenvalue weighted by Crippen LogP contribution is 2.19. The summed E-state index contributed by atoms with van der Waals surface area (Å²) in [5.74, 6) is 0.334. The first-order chi connectivity index (χ1) is 10.2. The first-order valence-electron chi connectivity index (χ1n) is 7.04. The minimum atomic E-state index is -0.338. The molecule has 1 aromatic carbocycles. The Balaban J connectivity index is 2.49. The zero-order valence-corrected chi connectivity index (χ0v) is 12.6. The molecule has 1 rings (SSSR count). The third-order valence-electron chi connectivity index (χ3n) is 2.82. The van der Waals surface area contributed by atoms with E-state index >= 15 is 0 Å². The maximum absolute atomic E-state index is 11.9. The van der Waals surface area contributed by atoms with Crippen LogP contribution in [0, 0.1) is 0 Å². The van der Waals surface area contributed by atoms with Crippen molar-refractivity contribution < 1.29 is 23.8 Å². The van der Waals surface area contributed by atoms with E-state index in [1.54, 1.807) is 14.0 Å². The predicted octanol–water partition coefficient (Wildman–Crippen LogP) is 2.17. The molecule has 116 valence electrons. The monoisotopic (exact) mass is 294 g/mol. The van der Waals surface area contributed by atoms with E-state index in [1.165, 1.54) is 0 Å². The first-order valence-corrected chi connectivity index (χ1v) is 7.04. The van der Waals surface area contributed by atoms with E-state index in [0.717, 1.165) is 5.56 Å².